The highest BCUT2D eigenvalue weighted by Gasteiger charge is 2.44. The maximum Gasteiger partial charge on any atom is 0.146 e. The molecule has 5 aliphatic rings. The van der Waals surface area contributed by atoms with Crippen LogP contribution in [0.5, 0.6) is 0 Å². The van der Waals surface area contributed by atoms with Crippen molar-refractivity contribution in [1.82, 2.24) is 20.6 Å². The number of ether oxygens (including phenoxy) is 1. The molecule has 5 aliphatic heterocycles. The molecule has 0 bridgehead atoms. The Morgan fingerprint density at radius 2 is 1.86 bits per heavy atom. The quantitative estimate of drug-likeness (QED) is 0.412. The van der Waals surface area contributed by atoms with E-state index in [2.05, 4.69) is 33.0 Å². The number of rotatable bonds is 4. The van der Waals surface area contributed by atoms with Gasteiger partial charge in [-0.3, -0.25) is 15.1 Å². The Morgan fingerprint density at radius 3 is 2.69 bits per heavy atom. The van der Waals surface area contributed by atoms with E-state index in [1.807, 2.05) is 0 Å². The molecule has 166 valence electrons. The highest BCUT2D eigenvalue weighted by Crippen LogP contribution is 2.29. The van der Waals surface area contributed by atoms with Crippen LogP contribution in [-0.2, 0) is 9.57 Å². The fourth-order valence-electron chi connectivity index (χ4n) is 6.37. The van der Waals surface area contributed by atoms with Crippen LogP contribution in [0.3, 0.4) is 0 Å². The molecule has 5 N–H and O–H groups in total. The number of nitrogens with one attached hydrogen (secondary N) is 3. The first-order valence-corrected chi connectivity index (χ1v) is 12.2. The van der Waals surface area contributed by atoms with Crippen molar-refractivity contribution in [1.29, 1.82) is 0 Å². The van der Waals surface area contributed by atoms with E-state index < -0.39 is 0 Å². The summed E-state index contributed by atoms with van der Waals surface area (Å²) in [6.07, 6.45) is 8.78. The van der Waals surface area contributed by atoms with Crippen LogP contribution in [0.15, 0.2) is 0 Å². The van der Waals surface area contributed by atoms with E-state index in [1.165, 1.54) is 64.7 Å². The lowest BCUT2D eigenvalue weighted by molar-refractivity contribution is -0.885. The summed E-state index contributed by atoms with van der Waals surface area (Å²) in [5, 5.41) is 6.40. The Bertz CT molecular complexity index is 525. The molecule has 29 heavy (non-hydrogen) atoms. The third-order valence-corrected chi connectivity index (χ3v) is 8.14. The Morgan fingerprint density at radius 1 is 1.03 bits per heavy atom. The van der Waals surface area contributed by atoms with Crippen molar-refractivity contribution >= 4 is 0 Å². The fourth-order valence-corrected chi connectivity index (χ4v) is 6.37. The lowest BCUT2D eigenvalue weighted by Crippen LogP contribution is -3.10. The summed E-state index contributed by atoms with van der Waals surface area (Å²) in [7, 11) is 2.33. The number of hydrogen-bond donors (Lipinski definition) is 4. The van der Waals surface area contributed by atoms with Crippen LogP contribution in [-0.4, -0.2) is 100.0 Å². The largest absolute Gasteiger partial charge is 0.379 e. The van der Waals surface area contributed by atoms with E-state index in [-0.39, 0.29) is 6.23 Å². The maximum atomic E-state index is 6.17. The second-order valence-electron chi connectivity index (χ2n) is 9.96. The van der Waals surface area contributed by atoms with Gasteiger partial charge in [0, 0.05) is 50.7 Å². The van der Waals surface area contributed by atoms with Gasteiger partial charge >= 0.3 is 0 Å². The summed E-state index contributed by atoms with van der Waals surface area (Å²) in [4.78, 5) is 13.3. The lowest BCUT2D eigenvalue weighted by atomic mass is 9.92. The maximum absolute atomic E-state index is 6.17. The molecule has 0 spiro atoms. The molecule has 5 rings (SSSR count). The monoisotopic (exact) mass is 410 g/mol. The summed E-state index contributed by atoms with van der Waals surface area (Å²) in [5.41, 5.74) is 3.41. The van der Waals surface area contributed by atoms with Gasteiger partial charge in [-0.25, -0.2) is 4.90 Å². The summed E-state index contributed by atoms with van der Waals surface area (Å²) in [6.45, 7) is 9.01. The van der Waals surface area contributed by atoms with Gasteiger partial charge in [-0.15, -0.1) is 0 Å². The Labute approximate surface area is 175 Å². The van der Waals surface area contributed by atoms with Gasteiger partial charge in [0.25, 0.3) is 0 Å². The first kappa shape index (κ1) is 20.6. The average Bonchev–Trinajstić information content (AvgIpc) is 3.45. The molecule has 5 saturated heterocycles. The van der Waals surface area contributed by atoms with Crippen molar-refractivity contribution in [2.24, 2.45) is 5.92 Å². The zero-order valence-corrected chi connectivity index (χ0v) is 18.2. The van der Waals surface area contributed by atoms with Crippen LogP contribution >= 0.6 is 0 Å². The molecule has 8 nitrogen and oxygen atoms in total. The van der Waals surface area contributed by atoms with Gasteiger partial charge in [0.2, 0.25) is 0 Å². The standard InChI is InChI=1S/C21H40N6O2/c1-25-9-5-17(6-10-25)27-8-2-3-18(27)21-23-20(24-29-21)16-4-7-22-19(15-16)26-11-13-28-14-12-26/h16-24H,2-15H2,1H3/p+2. The van der Waals surface area contributed by atoms with Crippen molar-refractivity contribution in [3.05, 3.63) is 0 Å². The zero-order chi connectivity index (χ0) is 19.6. The molecule has 0 amide bonds. The average molecular weight is 411 g/mol. The molecule has 5 unspecified atom stereocenters. The van der Waals surface area contributed by atoms with E-state index in [4.69, 9.17) is 9.57 Å². The van der Waals surface area contributed by atoms with E-state index in [0.717, 1.165) is 32.3 Å². The van der Waals surface area contributed by atoms with Crippen LogP contribution in [0.1, 0.15) is 38.5 Å². The molecule has 5 heterocycles. The topological polar surface area (TPSA) is 70.1 Å². The van der Waals surface area contributed by atoms with Crippen LogP contribution in [0, 0.1) is 5.92 Å². The highest BCUT2D eigenvalue weighted by atomic mass is 16.7. The number of hydroxylamine groups is 1. The minimum absolute atomic E-state index is 0.141. The molecule has 0 aromatic carbocycles. The van der Waals surface area contributed by atoms with Crippen molar-refractivity contribution < 1.29 is 19.8 Å². The van der Waals surface area contributed by atoms with Gasteiger partial charge < -0.3 is 15.0 Å². The molecule has 0 saturated carbocycles. The predicted molar refractivity (Wildman–Crippen MR) is 110 cm³/mol. The predicted octanol–water partition coefficient (Wildman–Crippen LogP) is -2.46. The molecule has 0 aromatic rings. The highest BCUT2D eigenvalue weighted by molar-refractivity contribution is 4.93. The first-order chi connectivity index (χ1) is 14.3. The summed E-state index contributed by atoms with van der Waals surface area (Å²) in [6, 6.07) is 1.28. The SMILES string of the molecule is C[NH+]1CCC(N2CCCC2C2NC(C3CC[NH2+]C(N4CCOCC4)C3)NO2)CC1. The van der Waals surface area contributed by atoms with Gasteiger partial charge in [-0.05, 0) is 19.4 Å². The van der Waals surface area contributed by atoms with Crippen LogP contribution < -0.4 is 21.0 Å². The third kappa shape index (κ3) is 4.65. The molecule has 0 radical (unpaired) electrons. The first-order valence-electron chi connectivity index (χ1n) is 12.2. The van der Waals surface area contributed by atoms with E-state index in [9.17, 15) is 0 Å². The molecular formula is C21H42N6O2+2. The number of piperidine rings is 2. The fraction of sp³-hybridized carbons (Fsp3) is 1.00. The number of likely N-dealkylation sites (tertiary alicyclic amines) is 2. The van der Waals surface area contributed by atoms with E-state index in [1.54, 1.807) is 4.90 Å². The molecular weight excluding hydrogens is 368 g/mol. The second-order valence-corrected chi connectivity index (χ2v) is 9.96. The van der Waals surface area contributed by atoms with Crippen LogP contribution in [0.25, 0.3) is 0 Å². The Hall–Kier alpha value is -0.320. The minimum Gasteiger partial charge on any atom is -0.379 e. The Balaban J connectivity index is 1.15. The van der Waals surface area contributed by atoms with Crippen molar-refractivity contribution in [3.63, 3.8) is 0 Å². The van der Waals surface area contributed by atoms with Gasteiger partial charge in [-0.2, -0.15) is 5.48 Å². The molecule has 0 aromatic heterocycles. The van der Waals surface area contributed by atoms with Crippen LogP contribution in [0.4, 0.5) is 0 Å². The summed E-state index contributed by atoms with van der Waals surface area (Å²) in [5.74, 6) is 0.639. The second kappa shape index (κ2) is 9.44. The van der Waals surface area contributed by atoms with Gasteiger partial charge in [-0.1, -0.05) is 0 Å². The normalized spacial score (nSPS) is 45.6. The molecule has 8 heteroatoms. The lowest BCUT2D eigenvalue weighted by Gasteiger charge is -2.39. The minimum atomic E-state index is 0.141. The van der Waals surface area contributed by atoms with Gasteiger partial charge in [0.15, 0.2) is 0 Å². The zero-order valence-electron chi connectivity index (χ0n) is 18.2. The number of hydrogen-bond acceptors (Lipinski definition) is 6. The van der Waals surface area contributed by atoms with Crippen LogP contribution in [0.2, 0.25) is 0 Å². The van der Waals surface area contributed by atoms with Crippen molar-refractivity contribution in [2.75, 3.05) is 59.5 Å². The van der Waals surface area contributed by atoms with E-state index in [0.29, 0.717) is 24.3 Å². The van der Waals surface area contributed by atoms with Crippen molar-refractivity contribution in [3.8, 4) is 0 Å². The number of nitrogens with zero attached hydrogens (tertiary/aromatic N) is 2. The molecule has 0 aliphatic carbocycles. The van der Waals surface area contributed by atoms with Crippen molar-refractivity contribution in [2.45, 2.75) is 69.2 Å². The van der Waals surface area contributed by atoms with E-state index >= 15 is 0 Å². The third-order valence-electron chi connectivity index (χ3n) is 8.14. The van der Waals surface area contributed by atoms with Gasteiger partial charge in [0.1, 0.15) is 12.4 Å². The summed E-state index contributed by atoms with van der Waals surface area (Å²) < 4.78 is 5.55. The number of nitrogens with two attached hydrogens (primary N) is 1. The summed E-state index contributed by atoms with van der Waals surface area (Å²) >= 11 is 0. The molecule has 5 fully saturated rings. The molecule has 5 atom stereocenters. The van der Waals surface area contributed by atoms with Gasteiger partial charge in [0.05, 0.1) is 52.1 Å². The number of morpholine rings is 1. The Kier molecular flexibility index (Phi) is 6.70. The smallest absolute Gasteiger partial charge is 0.146 e. The number of quaternary nitrogens is 2.